The molecule has 0 aliphatic rings. The van der Waals surface area contributed by atoms with Gasteiger partial charge in [0.1, 0.15) is 5.76 Å². The Kier molecular flexibility index (Phi) is 5.51. The minimum absolute atomic E-state index is 0.0482. The second-order valence-corrected chi connectivity index (χ2v) is 7.55. The number of carbonyl (C=O) groups excluding carboxylic acids is 1. The maximum Gasteiger partial charge on any atom is 0.373 e. The van der Waals surface area contributed by atoms with Gasteiger partial charge in [0, 0.05) is 6.54 Å². The zero-order valence-electron chi connectivity index (χ0n) is 15.1. The number of hydrogen-bond acceptors (Lipinski definition) is 7. The zero-order chi connectivity index (χ0) is 18.7. The standard InChI is InChI=1S/C18H21N3O4S/c1-11(2)10-21-16(14-6-5-9-24-14)19-20-18(21)26-12(3)13-7-8-15(25-13)17(22)23-4/h5-9,11-12H,10H2,1-4H3. The minimum Gasteiger partial charge on any atom is -0.463 e. The van der Waals surface area contributed by atoms with Crippen molar-refractivity contribution >= 4 is 17.7 Å². The molecule has 7 nitrogen and oxygen atoms in total. The van der Waals surface area contributed by atoms with Crippen LogP contribution in [0.4, 0.5) is 0 Å². The Morgan fingerprint density at radius 2 is 2.08 bits per heavy atom. The smallest absolute Gasteiger partial charge is 0.373 e. The normalized spacial score (nSPS) is 12.5. The molecular weight excluding hydrogens is 354 g/mol. The summed E-state index contributed by atoms with van der Waals surface area (Å²) in [5.41, 5.74) is 0. The SMILES string of the molecule is COC(=O)c1ccc(C(C)Sc2nnc(-c3ccco3)n2CC(C)C)o1. The number of ether oxygens (including phenoxy) is 1. The summed E-state index contributed by atoms with van der Waals surface area (Å²) in [6.45, 7) is 7.03. The molecule has 0 fully saturated rings. The fourth-order valence-electron chi connectivity index (χ4n) is 2.49. The summed E-state index contributed by atoms with van der Waals surface area (Å²) >= 11 is 1.52. The Morgan fingerprint density at radius 1 is 1.27 bits per heavy atom. The van der Waals surface area contributed by atoms with Crippen molar-refractivity contribution < 1.29 is 18.4 Å². The molecular formula is C18H21N3O4S. The highest BCUT2D eigenvalue weighted by Gasteiger charge is 2.22. The van der Waals surface area contributed by atoms with Crippen LogP contribution in [0.2, 0.25) is 0 Å². The molecule has 0 saturated carbocycles. The number of hydrogen-bond donors (Lipinski definition) is 0. The van der Waals surface area contributed by atoms with Crippen molar-refractivity contribution in [3.8, 4) is 11.6 Å². The second kappa shape index (κ2) is 7.82. The highest BCUT2D eigenvalue weighted by Crippen LogP contribution is 2.36. The van der Waals surface area contributed by atoms with Crippen LogP contribution < -0.4 is 0 Å². The van der Waals surface area contributed by atoms with Crippen LogP contribution in [0.15, 0.2) is 44.5 Å². The molecule has 0 N–H and O–H groups in total. The molecule has 0 saturated heterocycles. The van der Waals surface area contributed by atoms with E-state index in [4.69, 9.17) is 8.83 Å². The summed E-state index contributed by atoms with van der Waals surface area (Å²) in [6.07, 6.45) is 1.62. The Labute approximate surface area is 155 Å². The first-order valence-electron chi connectivity index (χ1n) is 8.31. The molecule has 0 bridgehead atoms. The number of thioether (sulfide) groups is 1. The number of methoxy groups -OCH3 is 1. The van der Waals surface area contributed by atoms with Crippen LogP contribution in [0.5, 0.6) is 0 Å². The molecule has 8 heteroatoms. The van der Waals surface area contributed by atoms with Gasteiger partial charge >= 0.3 is 5.97 Å². The summed E-state index contributed by atoms with van der Waals surface area (Å²) in [7, 11) is 1.33. The van der Waals surface area contributed by atoms with Gasteiger partial charge in [-0.05, 0) is 37.1 Å². The highest BCUT2D eigenvalue weighted by atomic mass is 32.2. The van der Waals surface area contributed by atoms with Crippen LogP contribution in [0.1, 0.15) is 42.3 Å². The van der Waals surface area contributed by atoms with Gasteiger partial charge in [-0.15, -0.1) is 10.2 Å². The molecule has 0 aliphatic carbocycles. The minimum atomic E-state index is -0.489. The van der Waals surface area contributed by atoms with Gasteiger partial charge in [-0.3, -0.25) is 4.57 Å². The van der Waals surface area contributed by atoms with E-state index in [-0.39, 0.29) is 11.0 Å². The van der Waals surface area contributed by atoms with E-state index in [1.807, 2.05) is 19.1 Å². The number of esters is 1. The molecule has 0 aromatic carbocycles. The van der Waals surface area contributed by atoms with Crippen LogP contribution in [0.25, 0.3) is 11.6 Å². The van der Waals surface area contributed by atoms with E-state index in [0.717, 1.165) is 11.7 Å². The molecule has 138 valence electrons. The summed E-state index contributed by atoms with van der Waals surface area (Å²) in [6, 6.07) is 7.09. The summed E-state index contributed by atoms with van der Waals surface area (Å²) in [5, 5.41) is 9.35. The summed E-state index contributed by atoms with van der Waals surface area (Å²) in [4.78, 5) is 11.6. The fourth-order valence-corrected chi connectivity index (χ4v) is 3.43. The van der Waals surface area contributed by atoms with Crippen molar-refractivity contribution in [3.05, 3.63) is 42.0 Å². The van der Waals surface area contributed by atoms with Gasteiger partial charge in [-0.1, -0.05) is 25.6 Å². The maximum absolute atomic E-state index is 11.6. The second-order valence-electron chi connectivity index (χ2n) is 6.24. The molecule has 0 aliphatic heterocycles. The molecule has 26 heavy (non-hydrogen) atoms. The Morgan fingerprint density at radius 3 is 2.73 bits per heavy atom. The van der Waals surface area contributed by atoms with Gasteiger partial charge in [0.25, 0.3) is 0 Å². The highest BCUT2D eigenvalue weighted by molar-refractivity contribution is 7.99. The van der Waals surface area contributed by atoms with Crippen molar-refractivity contribution in [1.29, 1.82) is 0 Å². The quantitative estimate of drug-likeness (QED) is 0.446. The van der Waals surface area contributed by atoms with E-state index in [2.05, 4.69) is 33.3 Å². The van der Waals surface area contributed by atoms with Crippen LogP contribution in [-0.2, 0) is 11.3 Å². The van der Waals surface area contributed by atoms with E-state index >= 15 is 0 Å². The van der Waals surface area contributed by atoms with Gasteiger partial charge in [0.15, 0.2) is 16.7 Å². The lowest BCUT2D eigenvalue weighted by Gasteiger charge is -2.13. The van der Waals surface area contributed by atoms with Crippen molar-refractivity contribution in [2.24, 2.45) is 5.92 Å². The first kappa shape index (κ1) is 18.3. The van der Waals surface area contributed by atoms with Gasteiger partial charge in [-0.25, -0.2) is 4.79 Å². The van der Waals surface area contributed by atoms with Crippen molar-refractivity contribution in [3.63, 3.8) is 0 Å². The van der Waals surface area contributed by atoms with E-state index in [9.17, 15) is 4.79 Å². The zero-order valence-corrected chi connectivity index (χ0v) is 15.9. The first-order valence-corrected chi connectivity index (χ1v) is 9.19. The average molecular weight is 375 g/mol. The summed E-state index contributed by atoms with van der Waals surface area (Å²) < 4.78 is 17.8. The van der Waals surface area contributed by atoms with Crippen LogP contribution in [0, 0.1) is 5.92 Å². The molecule has 1 unspecified atom stereocenters. The third-order valence-corrected chi connectivity index (χ3v) is 4.80. The lowest BCUT2D eigenvalue weighted by molar-refractivity contribution is 0.0563. The number of furan rings is 2. The topological polar surface area (TPSA) is 83.3 Å². The number of rotatable bonds is 7. The van der Waals surface area contributed by atoms with Crippen molar-refractivity contribution in [2.45, 2.75) is 37.7 Å². The van der Waals surface area contributed by atoms with Crippen LogP contribution in [-0.4, -0.2) is 27.8 Å². The molecule has 1 atom stereocenters. The lowest BCUT2D eigenvalue weighted by atomic mass is 10.2. The molecule has 0 radical (unpaired) electrons. The van der Waals surface area contributed by atoms with Crippen molar-refractivity contribution in [2.75, 3.05) is 7.11 Å². The number of nitrogens with zero attached hydrogens (tertiary/aromatic N) is 3. The van der Waals surface area contributed by atoms with Crippen LogP contribution in [0.3, 0.4) is 0 Å². The average Bonchev–Trinajstić information content (AvgIpc) is 3.34. The molecule has 3 aromatic heterocycles. The van der Waals surface area contributed by atoms with E-state index < -0.39 is 5.97 Å². The van der Waals surface area contributed by atoms with E-state index in [1.165, 1.54) is 18.9 Å². The third-order valence-electron chi connectivity index (χ3n) is 3.70. The first-order chi connectivity index (χ1) is 12.5. The molecule has 0 amide bonds. The third kappa shape index (κ3) is 3.85. The lowest BCUT2D eigenvalue weighted by Crippen LogP contribution is -2.08. The molecule has 0 spiro atoms. The Hall–Kier alpha value is -2.48. The fraction of sp³-hybridized carbons (Fsp3) is 0.389. The van der Waals surface area contributed by atoms with Gasteiger partial charge < -0.3 is 13.6 Å². The van der Waals surface area contributed by atoms with Gasteiger partial charge in [0.2, 0.25) is 5.76 Å². The van der Waals surface area contributed by atoms with Crippen molar-refractivity contribution in [1.82, 2.24) is 14.8 Å². The van der Waals surface area contributed by atoms with E-state index in [1.54, 1.807) is 18.4 Å². The Bertz CT molecular complexity index is 867. The van der Waals surface area contributed by atoms with Crippen LogP contribution >= 0.6 is 11.8 Å². The van der Waals surface area contributed by atoms with Gasteiger partial charge in [-0.2, -0.15) is 0 Å². The molecule has 3 aromatic rings. The predicted octanol–water partition coefficient (Wildman–Crippen LogP) is 4.43. The summed E-state index contributed by atoms with van der Waals surface area (Å²) in [5.74, 6) is 2.18. The molecule has 3 rings (SSSR count). The maximum atomic E-state index is 11.6. The largest absolute Gasteiger partial charge is 0.463 e. The Balaban J connectivity index is 1.84. The number of carbonyl (C=O) groups is 1. The van der Waals surface area contributed by atoms with E-state index in [0.29, 0.717) is 23.3 Å². The van der Waals surface area contributed by atoms with Gasteiger partial charge in [0.05, 0.1) is 18.6 Å². The molecule has 3 heterocycles. The predicted molar refractivity (Wildman–Crippen MR) is 96.9 cm³/mol. The number of aromatic nitrogens is 3. The monoisotopic (exact) mass is 375 g/mol.